The molecule has 0 spiro atoms. The molecule has 0 aliphatic carbocycles. The van der Waals surface area contributed by atoms with E-state index in [2.05, 4.69) is 20.3 Å². The van der Waals surface area contributed by atoms with Crippen LogP contribution in [0, 0.1) is 0 Å². The SMILES string of the molecule is CC(=NCCc1c[nH]c2ccc(Cl)cc12)c1cn(-c2ccccc2)nn1. The number of aromatic amines is 1. The molecule has 5 nitrogen and oxygen atoms in total. The summed E-state index contributed by atoms with van der Waals surface area (Å²) in [6.07, 6.45) is 4.77. The summed E-state index contributed by atoms with van der Waals surface area (Å²) in [5, 5.41) is 10.3. The van der Waals surface area contributed by atoms with E-state index in [0.29, 0.717) is 6.54 Å². The molecule has 0 aliphatic heterocycles. The number of aliphatic imine (C=N–C) groups is 1. The van der Waals surface area contributed by atoms with E-state index in [1.165, 1.54) is 5.56 Å². The zero-order valence-electron chi connectivity index (χ0n) is 14.4. The van der Waals surface area contributed by atoms with Crippen molar-refractivity contribution in [3.8, 4) is 5.69 Å². The number of halogens is 1. The molecule has 4 aromatic rings. The second-order valence-electron chi connectivity index (χ2n) is 6.10. The van der Waals surface area contributed by atoms with Crippen molar-refractivity contribution in [2.75, 3.05) is 6.54 Å². The van der Waals surface area contributed by atoms with Crippen LogP contribution in [-0.4, -0.2) is 32.2 Å². The fourth-order valence-corrected chi connectivity index (χ4v) is 3.09. The van der Waals surface area contributed by atoms with Crippen molar-refractivity contribution in [2.24, 2.45) is 4.99 Å². The van der Waals surface area contributed by atoms with Crippen molar-refractivity contribution in [1.82, 2.24) is 20.0 Å². The van der Waals surface area contributed by atoms with E-state index in [-0.39, 0.29) is 0 Å². The predicted octanol–water partition coefficient (Wildman–Crippen LogP) is 4.45. The van der Waals surface area contributed by atoms with E-state index in [0.717, 1.165) is 39.4 Å². The van der Waals surface area contributed by atoms with Gasteiger partial charge in [0.25, 0.3) is 0 Å². The molecule has 0 aliphatic rings. The molecule has 6 heteroatoms. The molecule has 0 amide bonds. The van der Waals surface area contributed by atoms with Crippen LogP contribution in [0.15, 0.2) is 65.9 Å². The highest BCUT2D eigenvalue weighted by molar-refractivity contribution is 6.31. The number of benzene rings is 2. The first-order valence-electron chi connectivity index (χ1n) is 8.45. The highest BCUT2D eigenvalue weighted by Crippen LogP contribution is 2.22. The molecule has 2 aromatic carbocycles. The molecular formula is C20H18ClN5. The molecule has 0 fully saturated rings. The number of rotatable bonds is 5. The summed E-state index contributed by atoms with van der Waals surface area (Å²) in [6, 6.07) is 15.8. The van der Waals surface area contributed by atoms with E-state index in [1.807, 2.05) is 67.8 Å². The minimum atomic E-state index is 0.684. The third kappa shape index (κ3) is 3.39. The molecule has 0 radical (unpaired) electrons. The van der Waals surface area contributed by atoms with Gasteiger partial charge in [0.15, 0.2) is 0 Å². The van der Waals surface area contributed by atoms with E-state index in [4.69, 9.17) is 11.6 Å². The van der Waals surface area contributed by atoms with Gasteiger partial charge >= 0.3 is 0 Å². The van der Waals surface area contributed by atoms with Gasteiger partial charge in [0.2, 0.25) is 0 Å². The standard InChI is InChI=1S/C20H18ClN5/c1-14(20-13-26(25-24-20)17-5-3-2-4-6-17)22-10-9-15-12-23-19-8-7-16(21)11-18(15)19/h2-8,11-13,23H,9-10H2,1H3. The monoisotopic (exact) mass is 363 g/mol. The van der Waals surface area contributed by atoms with Crippen LogP contribution in [0.25, 0.3) is 16.6 Å². The van der Waals surface area contributed by atoms with Crippen LogP contribution in [0.1, 0.15) is 18.2 Å². The molecule has 0 atom stereocenters. The van der Waals surface area contributed by atoms with E-state index >= 15 is 0 Å². The lowest BCUT2D eigenvalue weighted by Crippen LogP contribution is -1.99. The molecule has 0 saturated heterocycles. The predicted molar refractivity (Wildman–Crippen MR) is 105 cm³/mol. The summed E-state index contributed by atoms with van der Waals surface area (Å²) in [5.74, 6) is 0. The van der Waals surface area contributed by atoms with Crippen LogP contribution in [0.2, 0.25) is 5.02 Å². The number of nitrogens with zero attached hydrogens (tertiary/aromatic N) is 4. The largest absolute Gasteiger partial charge is 0.361 e. The fraction of sp³-hybridized carbons (Fsp3) is 0.150. The fourth-order valence-electron chi connectivity index (χ4n) is 2.92. The van der Waals surface area contributed by atoms with Gasteiger partial charge in [-0.15, -0.1) is 5.10 Å². The lowest BCUT2D eigenvalue weighted by atomic mass is 10.1. The van der Waals surface area contributed by atoms with Crippen molar-refractivity contribution in [3.63, 3.8) is 0 Å². The zero-order chi connectivity index (χ0) is 17.9. The van der Waals surface area contributed by atoms with E-state index in [9.17, 15) is 0 Å². The van der Waals surface area contributed by atoms with E-state index in [1.54, 1.807) is 4.68 Å². The smallest absolute Gasteiger partial charge is 0.126 e. The van der Waals surface area contributed by atoms with Gasteiger partial charge in [-0.1, -0.05) is 35.0 Å². The minimum absolute atomic E-state index is 0.684. The molecular weight excluding hydrogens is 346 g/mol. The van der Waals surface area contributed by atoms with Crippen LogP contribution in [0.3, 0.4) is 0 Å². The molecule has 4 rings (SSSR count). The van der Waals surface area contributed by atoms with Crippen LogP contribution in [0.5, 0.6) is 0 Å². The topological polar surface area (TPSA) is 58.9 Å². The maximum atomic E-state index is 6.11. The first-order chi connectivity index (χ1) is 12.7. The minimum Gasteiger partial charge on any atom is -0.361 e. The lowest BCUT2D eigenvalue weighted by molar-refractivity contribution is 0.802. The van der Waals surface area contributed by atoms with Gasteiger partial charge in [-0.25, -0.2) is 4.68 Å². The van der Waals surface area contributed by atoms with Gasteiger partial charge in [0.05, 0.1) is 17.6 Å². The number of H-pyrrole nitrogens is 1. The number of aromatic nitrogens is 4. The summed E-state index contributed by atoms with van der Waals surface area (Å²) >= 11 is 6.11. The highest BCUT2D eigenvalue weighted by atomic mass is 35.5. The van der Waals surface area contributed by atoms with Crippen molar-refractivity contribution in [1.29, 1.82) is 0 Å². The van der Waals surface area contributed by atoms with Gasteiger partial charge in [-0.3, -0.25) is 4.99 Å². The molecule has 130 valence electrons. The molecule has 2 aromatic heterocycles. The number of hydrogen-bond donors (Lipinski definition) is 1. The summed E-state index contributed by atoms with van der Waals surface area (Å²) in [7, 11) is 0. The Balaban J connectivity index is 1.47. The Morgan fingerprint density at radius 2 is 2.04 bits per heavy atom. The van der Waals surface area contributed by atoms with Crippen LogP contribution < -0.4 is 0 Å². The molecule has 1 N–H and O–H groups in total. The van der Waals surface area contributed by atoms with Gasteiger partial charge in [0, 0.05) is 28.7 Å². The highest BCUT2D eigenvalue weighted by Gasteiger charge is 2.07. The molecule has 0 saturated carbocycles. The summed E-state index contributed by atoms with van der Waals surface area (Å²) in [5.41, 5.74) is 4.96. The van der Waals surface area contributed by atoms with Crippen molar-refractivity contribution >= 4 is 28.2 Å². The maximum Gasteiger partial charge on any atom is 0.126 e. The number of nitrogens with one attached hydrogen (secondary N) is 1. The average molecular weight is 364 g/mol. The van der Waals surface area contributed by atoms with Gasteiger partial charge < -0.3 is 4.98 Å². The van der Waals surface area contributed by atoms with Crippen molar-refractivity contribution in [2.45, 2.75) is 13.3 Å². The number of para-hydroxylation sites is 1. The molecule has 0 bridgehead atoms. The Hall–Kier alpha value is -2.92. The van der Waals surface area contributed by atoms with Crippen molar-refractivity contribution < 1.29 is 0 Å². The Labute approximate surface area is 156 Å². The Morgan fingerprint density at radius 1 is 1.19 bits per heavy atom. The third-order valence-electron chi connectivity index (χ3n) is 4.34. The van der Waals surface area contributed by atoms with Crippen LogP contribution in [0.4, 0.5) is 0 Å². The maximum absolute atomic E-state index is 6.11. The summed E-state index contributed by atoms with van der Waals surface area (Å²) in [6.45, 7) is 2.65. The Morgan fingerprint density at radius 3 is 2.88 bits per heavy atom. The normalized spacial score (nSPS) is 12.0. The van der Waals surface area contributed by atoms with Crippen LogP contribution >= 0.6 is 11.6 Å². The van der Waals surface area contributed by atoms with Gasteiger partial charge in [-0.05, 0) is 49.2 Å². The Kier molecular flexibility index (Phi) is 4.54. The lowest BCUT2D eigenvalue weighted by Gasteiger charge is -1.99. The van der Waals surface area contributed by atoms with Gasteiger partial charge in [-0.2, -0.15) is 0 Å². The summed E-state index contributed by atoms with van der Waals surface area (Å²) < 4.78 is 1.76. The number of hydrogen-bond acceptors (Lipinski definition) is 3. The number of fused-ring (bicyclic) bond motifs is 1. The summed E-state index contributed by atoms with van der Waals surface area (Å²) in [4.78, 5) is 7.93. The molecule has 26 heavy (non-hydrogen) atoms. The second kappa shape index (κ2) is 7.14. The zero-order valence-corrected chi connectivity index (χ0v) is 15.1. The Bertz CT molecular complexity index is 1060. The van der Waals surface area contributed by atoms with Gasteiger partial charge in [0.1, 0.15) is 5.69 Å². The molecule has 0 unspecified atom stereocenters. The van der Waals surface area contributed by atoms with Crippen molar-refractivity contribution in [3.05, 3.63) is 77.2 Å². The molecule has 2 heterocycles. The van der Waals surface area contributed by atoms with E-state index < -0.39 is 0 Å². The third-order valence-corrected chi connectivity index (χ3v) is 4.58. The first kappa shape index (κ1) is 16.5. The first-order valence-corrected chi connectivity index (χ1v) is 8.83. The average Bonchev–Trinajstić information content (AvgIpc) is 3.30. The quantitative estimate of drug-likeness (QED) is 0.532. The second-order valence-corrected chi connectivity index (χ2v) is 6.54. The van der Waals surface area contributed by atoms with Crippen LogP contribution in [-0.2, 0) is 6.42 Å².